The maximum Gasteiger partial charge on any atom is 0.253 e. The number of rotatable bonds is 2. The van der Waals surface area contributed by atoms with E-state index in [9.17, 15) is 9.59 Å². The molecule has 1 aliphatic rings. The number of hydrogen-bond donors (Lipinski definition) is 1. The molecule has 0 aliphatic carbocycles. The molecule has 21 heavy (non-hydrogen) atoms. The van der Waals surface area contributed by atoms with Crippen LogP contribution in [0, 0.1) is 0 Å². The van der Waals surface area contributed by atoms with Gasteiger partial charge in [0, 0.05) is 30.4 Å². The summed E-state index contributed by atoms with van der Waals surface area (Å²) in [6.45, 7) is 3.95. The Morgan fingerprint density at radius 3 is 2.71 bits per heavy atom. The summed E-state index contributed by atoms with van der Waals surface area (Å²) in [6, 6.07) is 1.88. The largest absolute Gasteiger partial charge is 0.383 e. The Balaban J connectivity index is 2.24. The summed E-state index contributed by atoms with van der Waals surface area (Å²) in [5.41, 5.74) is 7.20. The number of imide groups is 1. The van der Waals surface area contributed by atoms with Gasteiger partial charge in [-0.25, -0.2) is 4.98 Å². The molecule has 8 heteroatoms. The zero-order chi connectivity index (χ0) is 15.3. The molecule has 2 N–H and O–H groups in total. The lowest BCUT2D eigenvalue weighted by Crippen LogP contribution is -2.20. The molecule has 2 aromatic heterocycles. The molecule has 7 nitrogen and oxygen atoms in total. The van der Waals surface area contributed by atoms with E-state index in [0.29, 0.717) is 21.3 Å². The van der Waals surface area contributed by atoms with E-state index in [4.69, 9.17) is 17.5 Å². The molecular weight excluding hydrogens is 294 g/mol. The van der Waals surface area contributed by atoms with Crippen LogP contribution in [0.4, 0.5) is 5.82 Å². The summed E-state index contributed by atoms with van der Waals surface area (Å²) >= 11 is 5.67. The van der Waals surface area contributed by atoms with Gasteiger partial charge in [-0.2, -0.15) is 9.52 Å². The van der Waals surface area contributed by atoms with E-state index in [0.717, 1.165) is 5.52 Å². The fraction of sp³-hybridized carbons (Fsp3) is 0.385. The number of nitrogen functional groups attached to an aromatic ring is 1. The predicted octanol–water partition coefficient (Wildman–Crippen LogP) is 1.59. The van der Waals surface area contributed by atoms with Gasteiger partial charge in [-0.05, 0) is 19.9 Å². The van der Waals surface area contributed by atoms with Gasteiger partial charge >= 0.3 is 0 Å². The number of fused-ring (bicyclic) bond motifs is 1. The van der Waals surface area contributed by atoms with Crippen molar-refractivity contribution < 1.29 is 9.59 Å². The van der Waals surface area contributed by atoms with Crippen LogP contribution in [0.15, 0.2) is 12.3 Å². The molecule has 110 valence electrons. The Hall–Kier alpha value is -2.15. The van der Waals surface area contributed by atoms with Crippen LogP contribution in [-0.4, -0.2) is 31.0 Å². The summed E-state index contributed by atoms with van der Waals surface area (Å²) in [7, 11) is 0. The van der Waals surface area contributed by atoms with E-state index in [1.54, 1.807) is 16.9 Å². The van der Waals surface area contributed by atoms with E-state index in [-0.39, 0.29) is 12.5 Å². The molecule has 1 atom stereocenters. The van der Waals surface area contributed by atoms with Gasteiger partial charge in [-0.3, -0.25) is 14.3 Å². The Kier molecular flexibility index (Phi) is 3.09. The molecule has 3 heterocycles. The molecule has 0 saturated carbocycles. The van der Waals surface area contributed by atoms with Gasteiger partial charge in [0.1, 0.15) is 5.82 Å². The monoisotopic (exact) mass is 307 g/mol. The smallest absolute Gasteiger partial charge is 0.253 e. The zero-order valence-electron chi connectivity index (χ0n) is 11.6. The summed E-state index contributed by atoms with van der Waals surface area (Å²) < 4.78 is 2.40. The lowest BCUT2D eigenvalue weighted by atomic mass is 10.0. The van der Waals surface area contributed by atoms with Crippen molar-refractivity contribution in [1.29, 1.82) is 0 Å². The van der Waals surface area contributed by atoms with Crippen molar-refractivity contribution in [3.8, 4) is 0 Å². The van der Waals surface area contributed by atoms with E-state index in [2.05, 4.69) is 10.1 Å². The molecule has 0 spiro atoms. The number of anilines is 1. The second-order valence-electron chi connectivity index (χ2n) is 5.28. The van der Waals surface area contributed by atoms with Crippen LogP contribution in [0.25, 0.3) is 10.9 Å². The van der Waals surface area contributed by atoms with E-state index in [1.807, 2.05) is 13.8 Å². The van der Waals surface area contributed by atoms with Crippen LogP contribution in [0.5, 0.6) is 0 Å². The maximum atomic E-state index is 12.1. The molecule has 2 aromatic rings. The SMILES string of the molecule is CC(C)n1nc(C2CC(=O)N(Cl)C2=O)c2c(N)nccc21. The first kappa shape index (κ1) is 13.8. The number of nitrogens with two attached hydrogens (primary N) is 1. The van der Waals surface area contributed by atoms with Gasteiger partial charge < -0.3 is 5.73 Å². The number of aromatic nitrogens is 3. The average Bonchev–Trinajstić information content (AvgIpc) is 2.94. The van der Waals surface area contributed by atoms with Crippen LogP contribution in [0.3, 0.4) is 0 Å². The van der Waals surface area contributed by atoms with Crippen molar-refractivity contribution in [2.45, 2.75) is 32.2 Å². The number of pyridine rings is 1. The Bertz CT molecular complexity index is 754. The number of halogens is 1. The van der Waals surface area contributed by atoms with Crippen molar-refractivity contribution >= 4 is 40.3 Å². The van der Waals surface area contributed by atoms with E-state index >= 15 is 0 Å². The van der Waals surface area contributed by atoms with Crippen LogP contribution in [-0.2, 0) is 9.59 Å². The molecule has 1 fully saturated rings. The normalized spacial score (nSPS) is 19.2. The van der Waals surface area contributed by atoms with Crippen LogP contribution >= 0.6 is 11.8 Å². The molecule has 1 saturated heterocycles. The number of carbonyl (C=O) groups excluding carboxylic acids is 2. The van der Waals surface area contributed by atoms with E-state index < -0.39 is 17.7 Å². The summed E-state index contributed by atoms with van der Waals surface area (Å²) in [4.78, 5) is 27.8. The average molecular weight is 308 g/mol. The first-order valence-electron chi connectivity index (χ1n) is 6.57. The third-order valence-electron chi connectivity index (χ3n) is 3.59. The highest BCUT2D eigenvalue weighted by Gasteiger charge is 2.41. The molecule has 1 unspecified atom stereocenters. The fourth-order valence-corrected chi connectivity index (χ4v) is 2.78. The maximum absolute atomic E-state index is 12.1. The van der Waals surface area contributed by atoms with Crippen LogP contribution in [0.2, 0.25) is 0 Å². The van der Waals surface area contributed by atoms with Gasteiger partial charge in [0.15, 0.2) is 0 Å². The van der Waals surface area contributed by atoms with Gasteiger partial charge in [0.05, 0.1) is 22.5 Å². The fourth-order valence-electron chi connectivity index (χ4n) is 2.59. The second-order valence-corrected chi connectivity index (χ2v) is 5.62. The lowest BCUT2D eigenvalue weighted by Gasteiger charge is -2.06. The minimum absolute atomic E-state index is 0.000869. The highest BCUT2D eigenvalue weighted by Crippen LogP contribution is 2.36. The van der Waals surface area contributed by atoms with Gasteiger partial charge in [-0.1, -0.05) is 0 Å². The van der Waals surface area contributed by atoms with Crippen LogP contribution < -0.4 is 5.73 Å². The standard InChI is InChI=1S/C13H14ClN5O2/c1-6(2)19-8-3-4-16-12(15)10(8)11(17-19)7-5-9(20)18(14)13(7)21/h3-4,6-7H,5H2,1-2H3,(H2,15,16). The van der Waals surface area contributed by atoms with Gasteiger partial charge in [-0.15, -0.1) is 0 Å². The zero-order valence-corrected chi connectivity index (χ0v) is 12.3. The van der Waals surface area contributed by atoms with Crippen molar-refractivity contribution in [1.82, 2.24) is 19.2 Å². The minimum atomic E-state index is -0.705. The highest BCUT2D eigenvalue weighted by atomic mass is 35.5. The van der Waals surface area contributed by atoms with E-state index in [1.165, 1.54) is 0 Å². The first-order valence-corrected chi connectivity index (χ1v) is 6.90. The topological polar surface area (TPSA) is 94.1 Å². The van der Waals surface area contributed by atoms with Crippen molar-refractivity contribution in [2.24, 2.45) is 0 Å². The highest BCUT2D eigenvalue weighted by molar-refractivity contribution is 6.33. The molecule has 2 amide bonds. The summed E-state index contributed by atoms with van der Waals surface area (Å²) in [5.74, 6) is -1.31. The predicted molar refractivity (Wildman–Crippen MR) is 77.4 cm³/mol. The second kappa shape index (κ2) is 4.70. The van der Waals surface area contributed by atoms with Crippen molar-refractivity contribution in [2.75, 3.05) is 5.73 Å². The van der Waals surface area contributed by atoms with Gasteiger partial charge in [0.2, 0.25) is 5.91 Å². The third-order valence-corrected chi connectivity index (χ3v) is 3.94. The number of amides is 2. The van der Waals surface area contributed by atoms with Crippen molar-refractivity contribution in [3.05, 3.63) is 18.0 Å². The number of nitrogens with zero attached hydrogens (tertiary/aromatic N) is 4. The minimum Gasteiger partial charge on any atom is -0.383 e. The molecule has 3 rings (SSSR count). The quantitative estimate of drug-likeness (QED) is 0.671. The Morgan fingerprint density at radius 2 is 2.14 bits per heavy atom. The van der Waals surface area contributed by atoms with Crippen LogP contribution in [0.1, 0.15) is 37.9 Å². The molecule has 0 radical (unpaired) electrons. The Morgan fingerprint density at radius 1 is 1.43 bits per heavy atom. The Labute approximate surface area is 125 Å². The first-order chi connectivity index (χ1) is 9.91. The van der Waals surface area contributed by atoms with Crippen molar-refractivity contribution in [3.63, 3.8) is 0 Å². The summed E-state index contributed by atoms with van der Waals surface area (Å²) in [5, 5.41) is 5.10. The third kappa shape index (κ3) is 1.96. The molecule has 0 aromatic carbocycles. The molecule has 0 bridgehead atoms. The summed E-state index contributed by atoms with van der Waals surface area (Å²) in [6.07, 6.45) is 1.60. The number of hydrogen-bond acceptors (Lipinski definition) is 5. The molecule has 1 aliphatic heterocycles. The number of carbonyl (C=O) groups is 2. The lowest BCUT2D eigenvalue weighted by molar-refractivity contribution is -0.132. The molecular formula is C13H14ClN5O2. The van der Waals surface area contributed by atoms with Gasteiger partial charge in [0.25, 0.3) is 5.91 Å².